The zero-order valence-corrected chi connectivity index (χ0v) is 16.3. The summed E-state index contributed by atoms with van der Waals surface area (Å²) in [4.78, 5) is 11.6. The number of hydrogen-bond donors (Lipinski definition) is 3. The van der Waals surface area contributed by atoms with Gasteiger partial charge in [0.25, 0.3) is 0 Å². The summed E-state index contributed by atoms with van der Waals surface area (Å²) in [5.74, 6) is 2.09. The van der Waals surface area contributed by atoms with Gasteiger partial charge in [-0.25, -0.2) is 14.5 Å². The van der Waals surface area contributed by atoms with E-state index >= 15 is 0 Å². The summed E-state index contributed by atoms with van der Waals surface area (Å²) in [5.41, 5.74) is 1.63. The van der Waals surface area contributed by atoms with Gasteiger partial charge in [0.2, 0.25) is 0 Å². The van der Waals surface area contributed by atoms with E-state index in [1.165, 1.54) is 19.2 Å². The van der Waals surface area contributed by atoms with Crippen molar-refractivity contribution in [3.63, 3.8) is 0 Å². The molecule has 0 aliphatic carbocycles. The topological polar surface area (TPSA) is 123 Å². The summed E-state index contributed by atoms with van der Waals surface area (Å²) < 4.78 is 1.73. The second kappa shape index (κ2) is 7.33. The van der Waals surface area contributed by atoms with Gasteiger partial charge in [-0.1, -0.05) is 0 Å². The normalized spacial score (nSPS) is 23.9. The minimum Gasteiger partial charge on any atom is -0.366 e. The fourth-order valence-corrected chi connectivity index (χ4v) is 4.73. The molecule has 0 amide bonds. The van der Waals surface area contributed by atoms with Gasteiger partial charge in [0.1, 0.15) is 12.1 Å². The van der Waals surface area contributed by atoms with Crippen molar-refractivity contribution in [3.8, 4) is 6.07 Å². The Hall–Kier alpha value is -3.19. The van der Waals surface area contributed by atoms with E-state index in [9.17, 15) is 0 Å². The zero-order valence-electron chi connectivity index (χ0n) is 16.3. The molecule has 2 saturated heterocycles. The van der Waals surface area contributed by atoms with Gasteiger partial charge in [0.05, 0.1) is 12.3 Å². The minimum atomic E-state index is 0.361. The SMILES string of the molecule is Cc1cc(Nc2nc(NC3C[C@H]4CC[C@@H](C3)N4CCC#N)cn3ncnc23)n[nH]1. The number of hydrogen-bond acceptors (Lipinski definition) is 8. The molecule has 1 unspecified atom stereocenters. The first-order chi connectivity index (χ1) is 14.2. The van der Waals surface area contributed by atoms with Crippen LogP contribution in [-0.2, 0) is 0 Å². The molecule has 3 aromatic heterocycles. The van der Waals surface area contributed by atoms with E-state index in [0.717, 1.165) is 30.9 Å². The highest BCUT2D eigenvalue weighted by atomic mass is 15.3. The monoisotopic (exact) mass is 392 g/mol. The molecule has 10 heteroatoms. The van der Waals surface area contributed by atoms with Crippen LogP contribution in [0.2, 0.25) is 0 Å². The molecule has 2 bridgehead atoms. The molecule has 0 saturated carbocycles. The van der Waals surface area contributed by atoms with E-state index in [2.05, 4.69) is 41.9 Å². The molecule has 150 valence electrons. The summed E-state index contributed by atoms with van der Waals surface area (Å²) in [6.07, 6.45) is 8.59. The standard InChI is InChI=1S/C19H24N10/c1-12-7-16(27-26-12)24-18-19-21-11-22-29(19)10-17(25-18)23-13-8-14-3-4-15(9-13)28(14)6-2-5-20/h7,10-11,13-15,23H,2-4,6,8-9H2,1H3,(H2,24,25,26,27)/t13?,14-,15+. The quantitative estimate of drug-likeness (QED) is 0.583. The Morgan fingerprint density at radius 3 is 2.83 bits per heavy atom. The lowest BCUT2D eigenvalue weighted by Gasteiger charge is -2.39. The predicted molar refractivity (Wildman–Crippen MR) is 108 cm³/mol. The van der Waals surface area contributed by atoms with Crippen LogP contribution in [0.25, 0.3) is 5.65 Å². The summed E-state index contributed by atoms with van der Waals surface area (Å²) >= 11 is 0. The molecule has 5 rings (SSSR count). The number of nitrogens with one attached hydrogen (secondary N) is 3. The lowest BCUT2D eigenvalue weighted by Crippen LogP contribution is -2.47. The van der Waals surface area contributed by atoms with Gasteiger partial charge in [-0.05, 0) is 32.6 Å². The number of nitrogens with zero attached hydrogens (tertiary/aromatic N) is 7. The van der Waals surface area contributed by atoms with E-state index in [-0.39, 0.29) is 0 Å². The molecule has 0 spiro atoms. The van der Waals surface area contributed by atoms with E-state index in [4.69, 9.17) is 10.2 Å². The minimum absolute atomic E-state index is 0.361. The third-order valence-electron chi connectivity index (χ3n) is 5.93. The number of aromatic amines is 1. The van der Waals surface area contributed by atoms with Crippen LogP contribution in [0.4, 0.5) is 17.5 Å². The van der Waals surface area contributed by atoms with Gasteiger partial charge in [-0.3, -0.25) is 10.00 Å². The van der Waals surface area contributed by atoms with Crippen LogP contribution in [0.1, 0.15) is 37.8 Å². The summed E-state index contributed by atoms with van der Waals surface area (Å²) in [6, 6.07) is 5.67. The smallest absolute Gasteiger partial charge is 0.198 e. The Kier molecular flexibility index (Phi) is 4.52. The maximum atomic E-state index is 8.92. The molecule has 2 aliphatic rings. The van der Waals surface area contributed by atoms with Crippen LogP contribution in [-0.4, -0.2) is 59.3 Å². The van der Waals surface area contributed by atoms with Crippen molar-refractivity contribution >= 4 is 23.1 Å². The first kappa shape index (κ1) is 17.9. The number of H-pyrrole nitrogens is 1. The number of aromatic nitrogens is 6. The molecule has 3 N–H and O–H groups in total. The van der Waals surface area contributed by atoms with Gasteiger partial charge in [-0.15, -0.1) is 0 Å². The highest BCUT2D eigenvalue weighted by Crippen LogP contribution is 2.36. The first-order valence-electron chi connectivity index (χ1n) is 10.1. The Bertz CT molecular complexity index is 1030. The maximum absolute atomic E-state index is 8.92. The second-order valence-corrected chi connectivity index (χ2v) is 7.91. The number of piperidine rings is 1. The molecular formula is C19H24N10. The highest BCUT2D eigenvalue weighted by molar-refractivity contribution is 5.69. The lowest BCUT2D eigenvalue weighted by molar-refractivity contribution is 0.135. The zero-order chi connectivity index (χ0) is 19.8. The molecule has 5 heterocycles. The summed E-state index contributed by atoms with van der Waals surface area (Å²) in [5, 5.41) is 27.2. The largest absolute Gasteiger partial charge is 0.366 e. The fraction of sp³-hybridized carbons (Fsp3) is 0.526. The molecule has 3 atom stereocenters. The molecule has 10 nitrogen and oxygen atoms in total. The van der Waals surface area contributed by atoms with Gasteiger partial charge in [-0.2, -0.15) is 15.5 Å². The number of anilines is 3. The number of aryl methyl sites for hydroxylation is 1. The summed E-state index contributed by atoms with van der Waals surface area (Å²) in [7, 11) is 0. The molecule has 2 aliphatic heterocycles. The van der Waals surface area contributed by atoms with E-state index in [1.54, 1.807) is 4.52 Å². The van der Waals surface area contributed by atoms with E-state index in [1.807, 2.05) is 19.2 Å². The molecular weight excluding hydrogens is 368 g/mol. The van der Waals surface area contributed by atoms with E-state index in [0.29, 0.717) is 41.8 Å². The molecule has 29 heavy (non-hydrogen) atoms. The van der Waals surface area contributed by atoms with Crippen molar-refractivity contribution in [2.24, 2.45) is 0 Å². The van der Waals surface area contributed by atoms with Crippen molar-refractivity contribution in [3.05, 3.63) is 24.3 Å². The van der Waals surface area contributed by atoms with Crippen molar-refractivity contribution < 1.29 is 0 Å². The van der Waals surface area contributed by atoms with Crippen LogP contribution >= 0.6 is 0 Å². The second-order valence-electron chi connectivity index (χ2n) is 7.91. The Morgan fingerprint density at radius 2 is 2.10 bits per heavy atom. The average Bonchev–Trinajstić information content (AvgIpc) is 3.39. The number of nitriles is 1. The first-order valence-corrected chi connectivity index (χ1v) is 10.1. The third-order valence-corrected chi connectivity index (χ3v) is 5.93. The molecule has 0 radical (unpaired) electrons. The van der Waals surface area contributed by atoms with Gasteiger partial charge >= 0.3 is 0 Å². The average molecular weight is 392 g/mol. The Labute approximate surface area is 168 Å². The van der Waals surface area contributed by atoms with Crippen LogP contribution in [0.3, 0.4) is 0 Å². The fourth-order valence-electron chi connectivity index (χ4n) is 4.73. The van der Waals surface area contributed by atoms with Crippen molar-refractivity contribution in [2.45, 2.75) is 57.2 Å². The highest BCUT2D eigenvalue weighted by Gasteiger charge is 2.40. The van der Waals surface area contributed by atoms with E-state index < -0.39 is 0 Å². The summed E-state index contributed by atoms with van der Waals surface area (Å²) in [6.45, 7) is 2.84. The van der Waals surface area contributed by atoms with Gasteiger partial charge in [0, 0.05) is 42.9 Å². The van der Waals surface area contributed by atoms with Crippen molar-refractivity contribution in [1.82, 2.24) is 34.7 Å². The number of fused-ring (bicyclic) bond motifs is 3. The van der Waals surface area contributed by atoms with Crippen molar-refractivity contribution in [2.75, 3.05) is 17.2 Å². The maximum Gasteiger partial charge on any atom is 0.198 e. The molecule has 3 aromatic rings. The van der Waals surface area contributed by atoms with Gasteiger partial charge in [0.15, 0.2) is 17.3 Å². The third kappa shape index (κ3) is 3.49. The Balaban J connectivity index is 1.34. The lowest BCUT2D eigenvalue weighted by atomic mass is 9.97. The predicted octanol–water partition coefficient (Wildman–Crippen LogP) is 2.22. The van der Waals surface area contributed by atoms with Crippen LogP contribution in [0.5, 0.6) is 0 Å². The Morgan fingerprint density at radius 1 is 1.28 bits per heavy atom. The number of rotatable bonds is 6. The van der Waals surface area contributed by atoms with Crippen LogP contribution in [0.15, 0.2) is 18.6 Å². The van der Waals surface area contributed by atoms with Gasteiger partial charge < -0.3 is 10.6 Å². The van der Waals surface area contributed by atoms with Crippen LogP contribution < -0.4 is 10.6 Å². The van der Waals surface area contributed by atoms with Crippen molar-refractivity contribution in [1.29, 1.82) is 5.26 Å². The molecule has 2 fully saturated rings. The van der Waals surface area contributed by atoms with Crippen LogP contribution in [0, 0.1) is 18.3 Å². The molecule has 0 aromatic carbocycles.